The topological polar surface area (TPSA) is 12.0 Å². The summed E-state index contributed by atoms with van der Waals surface area (Å²) in [6, 6.07) is 1.61. The molecule has 2 aliphatic rings. The van der Waals surface area contributed by atoms with Crippen LogP contribution in [0.2, 0.25) is 0 Å². The van der Waals surface area contributed by atoms with Crippen LogP contribution in [0, 0.1) is 11.8 Å². The third kappa shape index (κ3) is 2.98. The van der Waals surface area contributed by atoms with Gasteiger partial charge in [-0.25, -0.2) is 0 Å². The van der Waals surface area contributed by atoms with E-state index in [0.717, 1.165) is 23.9 Å². The van der Waals surface area contributed by atoms with E-state index in [1.54, 1.807) is 0 Å². The SMILES string of the molecule is CCC1CCC(NC(C)CC2CC2)C1. The summed E-state index contributed by atoms with van der Waals surface area (Å²) in [6.07, 6.45) is 10.1. The highest BCUT2D eigenvalue weighted by molar-refractivity contribution is 4.84. The molecule has 0 amide bonds. The third-order valence-corrected chi connectivity index (χ3v) is 4.02. The third-order valence-electron chi connectivity index (χ3n) is 4.02. The Labute approximate surface area is 88.7 Å². The van der Waals surface area contributed by atoms with E-state index in [9.17, 15) is 0 Å². The zero-order chi connectivity index (χ0) is 9.97. The maximum absolute atomic E-state index is 3.81. The van der Waals surface area contributed by atoms with Crippen LogP contribution in [0.5, 0.6) is 0 Å². The molecule has 82 valence electrons. The number of nitrogens with one attached hydrogen (secondary N) is 1. The van der Waals surface area contributed by atoms with Crippen LogP contribution in [0.1, 0.15) is 58.8 Å². The van der Waals surface area contributed by atoms with Gasteiger partial charge < -0.3 is 5.32 Å². The minimum Gasteiger partial charge on any atom is -0.311 e. The predicted octanol–water partition coefficient (Wildman–Crippen LogP) is 3.34. The van der Waals surface area contributed by atoms with Crippen LogP contribution < -0.4 is 5.32 Å². The molecule has 2 fully saturated rings. The molecular formula is C13H25N. The summed E-state index contributed by atoms with van der Waals surface area (Å²) in [4.78, 5) is 0. The van der Waals surface area contributed by atoms with Gasteiger partial charge in [-0.05, 0) is 44.4 Å². The maximum Gasteiger partial charge on any atom is 0.00722 e. The maximum atomic E-state index is 3.81. The van der Waals surface area contributed by atoms with Gasteiger partial charge in [-0.15, -0.1) is 0 Å². The first-order valence-corrected chi connectivity index (χ1v) is 6.54. The second kappa shape index (κ2) is 4.65. The molecular weight excluding hydrogens is 170 g/mol. The monoisotopic (exact) mass is 195 g/mol. The summed E-state index contributed by atoms with van der Waals surface area (Å²) < 4.78 is 0. The van der Waals surface area contributed by atoms with Gasteiger partial charge >= 0.3 is 0 Å². The molecule has 0 heterocycles. The van der Waals surface area contributed by atoms with Crippen molar-refractivity contribution in [2.24, 2.45) is 11.8 Å². The van der Waals surface area contributed by atoms with E-state index in [2.05, 4.69) is 19.2 Å². The quantitative estimate of drug-likeness (QED) is 0.709. The Kier molecular flexibility index (Phi) is 3.48. The molecule has 2 aliphatic carbocycles. The van der Waals surface area contributed by atoms with Crippen molar-refractivity contribution in [3.8, 4) is 0 Å². The first kappa shape index (κ1) is 10.5. The van der Waals surface area contributed by atoms with E-state index in [4.69, 9.17) is 0 Å². The molecule has 0 aromatic rings. The van der Waals surface area contributed by atoms with Crippen molar-refractivity contribution in [2.75, 3.05) is 0 Å². The number of hydrogen-bond acceptors (Lipinski definition) is 1. The van der Waals surface area contributed by atoms with E-state index in [0.29, 0.717) is 0 Å². The first-order chi connectivity index (χ1) is 6.78. The molecule has 3 unspecified atom stereocenters. The largest absolute Gasteiger partial charge is 0.311 e. The van der Waals surface area contributed by atoms with E-state index in [1.807, 2.05) is 0 Å². The van der Waals surface area contributed by atoms with E-state index in [1.165, 1.54) is 44.9 Å². The van der Waals surface area contributed by atoms with Gasteiger partial charge in [-0.3, -0.25) is 0 Å². The van der Waals surface area contributed by atoms with Crippen molar-refractivity contribution in [2.45, 2.75) is 70.9 Å². The molecule has 14 heavy (non-hydrogen) atoms. The normalized spacial score (nSPS) is 34.7. The Morgan fingerprint density at radius 2 is 1.86 bits per heavy atom. The Morgan fingerprint density at radius 3 is 2.43 bits per heavy atom. The van der Waals surface area contributed by atoms with Gasteiger partial charge in [-0.2, -0.15) is 0 Å². The van der Waals surface area contributed by atoms with Crippen molar-refractivity contribution in [1.82, 2.24) is 5.32 Å². The van der Waals surface area contributed by atoms with Crippen LogP contribution in [-0.2, 0) is 0 Å². The van der Waals surface area contributed by atoms with Crippen molar-refractivity contribution < 1.29 is 0 Å². The fraction of sp³-hybridized carbons (Fsp3) is 1.00. The smallest absolute Gasteiger partial charge is 0.00722 e. The molecule has 1 nitrogen and oxygen atoms in total. The van der Waals surface area contributed by atoms with E-state index in [-0.39, 0.29) is 0 Å². The van der Waals surface area contributed by atoms with Crippen molar-refractivity contribution in [1.29, 1.82) is 0 Å². The minimum atomic E-state index is 0.767. The second-order valence-electron chi connectivity index (χ2n) is 5.53. The number of hydrogen-bond donors (Lipinski definition) is 1. The second-order valence-corrected chi connectivity index (χ2v) is 5.53. The van der Waals surface area contributed by atoms with Gasteiger partial charge in [0.25, 0.3) is 0 Å². The van der Waals surface area contributed by atoms with E-state index < -0.39 is 0 Å². The molecule has 2 rings (SSSR count). The molecule has 0 radical (unpaired) electrons. The molecule has 0 spiro atoms. The molecule has 0 bridgehead atoms. The zero-order valence-electron chi connectivity index (χ0n) is 9.76. The van der Waals surface area contributed by atoms with Gasteiger partial charge in [-0.1, -0.05) is 26.2 Å². The highest BCUT2D eigenvalue weighted by Crippen LogP contribution is 2.34. The van der Waals surface area contributed by atoms with Crippen LogP contribution in [0.15, 0.2) is 0 Å². The van der Waals surface area contributed by atoms with Crippen LogP contribution in [0.4, 0.5) is 0 Å². The van der Waals surface area contributed by atoms with Gasteiger partial charge in [0.2, 0.25) is 0 Å². The van der Waals surface area contributed by atoms with Gasteiger partial charge in [0, 0.05) is 12.1 Å². The fourth-order valence-electron chi connectivity index (χ4n) is 2.92. The lowest BCUT2D eigenvalue weighted by Crippen LogP contribution is -2.35. The lowest BCUT2D eigenvalue weighted by atomic mass is 10.0. The minimum absolute atomic E-state index is 0.767. The van der Waals surface area contributed by atoms with Crippen LogP contribution in [0.3, 0.4) is 0 Å². The standard InChI is InChI=1S/C13H25N/c1-3-11-6-7-13(9-11)14-10(2)8-12-4-5-12/h10-14H,3-9H2,1-2H3. The lowest BCUT2D eigenvalue weighted by Gasteiger charge is -2.19. The summed E-state index contributed by atoms with van der Waals surface area (Å²) >= 11 is 0. The fourth-order valence-corrected chi connectivity index (χ4v) is 2.92. The Bertz CT molecular complexity index is 174. The highest BCUT2D eigenvalue weighted by Gasteiger charge is 2.27. The predicted molar refractivity (Wildman–Crippen MR) is 61.4 cm³/mol. The van der Waals surface area contributed by atoms with Gasteiger partial charge in [0.1, 0.15) is 0 Å². The van der Waals surface area contributed by atoms with Crippen LogP contribution in [0.25, 0.3) is 0 Å². The molecule has 1 N–H and O–H groups in total. The molecule has 0 saturated heterocycles. The molecule has 0 aliphatic heterocycles. The average molecular weight is 195 g/mol. The Hall–Kier alpha value is -0.0400. The van der Waals surface area contributed by atoms with Gasteiger partial charge in [0.05, 0.1) is 0 Å². The summed E-state index contributed by atoms with van der Waals surface area (Å²) in [5, 5.41) is 3.81. The van der Waals surface area contributed by atoms with Gasteiger partial charge in [0.15, 0.2) is 0 Å². The summed E-state index contributed by atoms with van der Waals surface area (Å²) in [5.41, 5.74) is 0. The van der Waals surface area contributed by atoms with Crippen LogP contribution in [-0.4, -0.2) is 12.1 Å². The van der Waals surface area contributed by atoms with Crippen molar-refractivity contribution >= 4 is 0 Å². The Morgan fingerprint density at radius 1 is 1.14 bits per heavy atom. The highest BCUT2D eigenvalue weighted by atomic mass is 14.9. The first-order valence-electron chi connectivity index (χ1n) is 6.54. The summed E-state index contributed by atoms with van der Waals surface area (Å²) in [6.45, 7) is 4.71. The van der Waals surface area contributed by atoms with Crippen molar-refractivity contribution in [3.63, 3.8) is 0 Å². The Balaban J connectivity index is 1.64. The van der Waals surface area contributed by atoms with Crippen LogP contribution >= 0.6 is 0 Å². The average Bonchev–Trinajstić information content (AvgIpc) is 2.83. The van der Waals surface area contributed by atoms with E-state index >= 15 is 0 Å². The zero-order valence-corrected chi connectivity index (χ0v) is 9.76. The molecule has 0 aromatic carbocycles. The molecule has 2 saturated carbocycles. The van der Waals surface area contributed by atoms with Crippen molar-refractivity contribution in [3.05, 3.63) is 0 Å². The molecule has 0 aromatic heterocycles. The lowest BCUT2D eigenvalue weighted by molar-refractivity contribution is 0.404. The molecule has 3 atom stereocenters. The molecule has 1 heteroatoms. The summed E-state index contributed by atoms with van der Waals surface area (Å²) in [5.74, 6) is 2.08. The number of rotatable bonds is 5. The summed E-state index contributed by atoms with van der Waals surface area (Å²) in [7, 11) is 0.